The lowest BCUT2D eigenvalue weighted by molar-refractivity contribution is -0.119. The van der Waals surface area contributed by atoms with Crippen molar-refractivity contribution in [3.63, 3.8) is 0 Å². The van der Waals surface area contributed by atoms with Crippen LogP contribution in [0.2, 0.25) is 0 Å². The minimum absolute atomic E-state index is 0.0222. The Bertz CT molecular complexity index is 703. The number of carbonyl (C=O) groups is 1. The minimum atomic E-state index is -0.380. The average Bonchev–Trinajstić information content (AvgIpc) is 2.62. The number of nitrogens with one attached hydrogen (secondary N) is 1. The van der Waals surface area contributed by atoms with Gasteiger partial charge in [0, 0.05) is 5.75 Å². The Labute approximate surface area is 153 Å². The molecule has 0 spiro atoms. The molecular formula is C20H24FNO2S. The van der Waals surface area contributed by atoms with E-state index < -0.39 is 0 Å². The molecule has 0 unspecified atom stereocenters. The quantitative estimate of drug-likeness (QED) is 0.752. The van der Waals surface area contributed by atoms with Gasteiger partial charge in [-0.2, -0.15) is 0 Å². The molecule has 0 aromatic heterocycles. The summed E-state index contributed by atoms with van der Waals surface area (Å²) in [6, 6.07) is 13.1. The smallest absolute Gasteiger partial charge is 0.230 e. The molecule has 1 N–H and O–H groups in total. The van der Waals surface area contributed by atoms with Gasteiger partial charge in [-0.25, -0.2) is 4.39 Å². The standard InChI is InChI=1S/C20H24FNO2S/c1-4-15-5-8-17(9-6-15)14(2)22-20(23)13-25-12-16-7-10-19(24-3)18(21)11-16/h5-11,14H,4,12-13H2,1-3H3,(H,22,23)/t14-/m0/s1. The van der Waals surface area contributed by atoms with E-state index in [9.17, 15) is 9.18 Å². The van der Waals surface area contributed by atoms with Gasteiger partial charge in [-0.05, 0) is 42.2 Å². The number of methoxy groups -OCH3 is 1. The summed E-state index contributed by atoms with van der Waals surface area (Å²) >= 11 is 1.46. The molecule has 134 valence electrons. The molecule has 0 aliphatic rings. The third-order valence-electron chi connectivity index (χ3n) is 3.98. The maximum Gasteiger partial charge on any atom is 0.230 e. The number of carbonyl (C=O) groups excluding carboxylic acids is 1. The molecule has 0 radical (unpaired) electrons. The lowest BCUT2D eigenvalue weighted by Gasteiger charge is -2.14. The summed E-state index contributed by atoms with van der Waals surface area (Å²) < 4.78 is 18.5. The topological polar surface area (TPSA) is 38.3 Å². The van der Waals surface area contributed by atoms with Crippen LogP contribution < -0.4 is 10.1 Å². The van der Waals surface area contributed by atoms with Crippen molar-refractivity contribution >= 4 is 17.7 Å². The summed E-state index contributed by atoms with van der Waals surface area (Å²) in [4.78, 5) is 12.1. The lowest BCUT2D eigenvalue weighted by Crippen LogP contribution is -2.28. The highest BCUT2D eigenvalue weighted by molar-refractivity contribution is 7.99. The predicted molar refractivity (Wildman–Crippen MR) is 101 cm³/mol. The van der Waals surface area contributed by atoms with Gasteiger partial charge in [0.1, 0.15) is 0 Å². The molecule has 0 saturated carbocycles. The number of rotatable bonds is 8. The van der Waals surface area contributed by atoms with E-state index in [1.54, 1.807) is 6.07 Å². The van der Waals surface area contributed by atoms with Crippen molar-refractivity contribution in [3.05, 3.63) is 65.0 Å². The monoisotopic (exact) mass is 361 g/mol. The zero-order valence-corrected chi connectivity index (χ0v) is 15.7. The van der Waals surface area contributed by atoms with Crippen molar-refractivity contribution in [2.75, 3.05) is 12.9 Å². The van der Waals surface area contributed by atoms with Crippen molar-refractivity contribution in [1.82, 2.24) is 5.32 Å². The largest absolute Gasteiger partial charge is 0.494 e. The summed E-state index contributed by atoms with van der Waals surface area (Å²) in [6.45, 7) is 4.09. The van der Waals surface area contributed by atoms with Gasteiger partial charge >= 0.3 is 0 Å². The summed E-state index contributed by atoms with van der Waals surface area (Å²) in [5.74, 6) is 0.744. The van der Waals surface area contributed by atoms with Crippen LogP contribution in [-0.4, -0.2) is 18.8 Å². The van der Waals surface area contributed by atoms with Crippen LogP contribution in [0.1, 0.15) is 36.6 Å². The number of hydrogen-bond donors (Lipinski definition) is 1. The van der Waals surface area contributed by atoms with E-state index in [-0.39, 0.29) is 23.5 Å². The molecule has 0 aliphatic carbocycles. The van der Waals surface area contributed by atoms with Crippen molar-refractivity contribution in [3.8, 4) is 5.75 Å². The Morgan fingerprint density at radius 2 is 1.88 bits per heavy atom. The Kier molecular flexibility index (Phi) is 7.31. The van der Waals surface area contributed by atoms with Gasteiger partial charge in [-0.15, -0.1) is 11.8 Å². The second-order valence-corrected chi connectivity index (χ2v) is 6.83. The maximum absolute atomic E-state index is 13.6. The Morgan fingerprint density at radius 1 is 1.20 bits per heavy atom. The van der Waals surface area contributed by atoms with Gasteiger partial charge in [-0.3, -0.25) is 4.79 Å². The average molecular weight is 361 g/mol. The molecule has 2 rings (SSSR count). The fourth-order valence-electron chi connectivity index (χ4n) is 2.47. The molecule has 25 heavy (non-hydrogen) atoms. The van der Waals surface area contributed by atoms with E-state index in [2.05, 4.69) is 36.5 Å². The molecule has 0 saturated heterocycles. The molecule has 0 fully saturated rings. The Balaban J connectivity index is 1.78. The Hall–Kier alpha value is -2.01. The number of amides is 1. The van der Waals surface area contributed by atoms with Gasteiger partial charge in [0.05, 0.1) is 18.9 Å². The molecule has 0 aliphatic heterocycles. The van der Waals surface area contributed by atoms with Crippen LogP contribution >= 0.6 is 11.8 Å². The minimum Gasteiger partial charge on any atom is -0.494 e. The van der Waals surface area contributed by atoms with Gasteiger partial charge in [0.25, 0.3) is 0 Å². The van der Waals surface area contributed by atoms with Crippen LogP contribution in [0.15, 0.2) is 42.5 Å². The predicted octanol–water partition coefficient (Wildman–Crippen LogP) is 4.51. The molecule has 0 bridgehead atoms. The third kappa shape index (κ3) is 5.78. The second-order valence-electron chi connectivity index (χ2n) is 5.85. The van der Waals surface area contributed by atoms with Crippen molar-refractivity contribution in [2.45, 2.75) is 32.1 Å². The first-order valence-electron chi connectivity index (χ1n) is 8.31. The highest BCUT2D eigenvalue weighted by atomic mass is 32.2. The zero-order chi connectivity index (χ0) is 18.2. The number of aryl methyl sites for hydroxylation is 1. The van der Waals surface area contributed by atoms with Crippen molar-refractivity contribution in [2.24, 2.45) is 0 Å². The summed E-state index contributed by atoms with van der Waals surface area (Å²) in [7, 11) is 1.44. The van der Waals surface area contributed by atoms with Crippen molar-refractivity contribution in [1.29, 1.82) is 0 Å². The molecule has 1 atom stereocenters. The summed E-state index contributed by atoms with van der Waals surface area (Å²) in [5.41, 5.74) is 3.21. The van der Waals surface area contributed by atoms with Crippen LogP contribution in [0.3, 0.4) is 0 Å². The summed E-state index contributed by atoms with van der Waals surface area (Å²) in [5, 5.41) is 3.00. The van der Waals surface area contributed by atoms with E-state index in [0.29, 0.717) is 11.5 Å². The molecule has 2 aromatic rings. The first kappa shape index (κ1) is 19.3. The maximum atomic E-state index is 13.6. The molecular weight excluding hydrogens is 337 g/mol. The zero-order valence-electron chi connectivity index (χ0n) is 14.8. The van der Waals surface area contributed by atoms with Crippen LogP contribution in [0, 0.1) is 5.82 Å². The van der Waals surface area contributed by atoms with Gasteiger partial charge < -0.3 is 10.1 Å². The number of thioether (sulfide) groups is 1. The highest BCUT2D eigenvalue weighted by Crippen LogP contribution is 2.21. The van der Waals surface area contributed by atoms with E-state index in [0.717, 1.165) is 17.5 Å². The van der Waals surface area contributed by atoms with E-state index in [1.807, 2.05) is 13.0 Å². The molecule has 0 heterocycles. The fraction of sp³-hybridized carbons (Fsp3) is 0.350. The first-order chi connectivity index (χ1) is 12.0. The van der Waals surface area contributed by atoms with Crippen LogP contribution in [-0.2, 0) is 17.0 Å². The lowest BCUT2D eigenvalue weighted by atomic mass is 10.1. The van der Waals surface area contributed by atoms with Gasteiger partial charge in [0.2, 0.25) is 5.91 Å². The number of hydrogen-bond acceptors (Lipinski definition) is 3. The fourth-order valence-corrected chi connectivity index (χ4v) is 3.26. The second kappa shape index (κ2) is 9.47. The third-order valence-corrected chi connectivity index (χ3v) is 4.99. The van der Waals surface area contributed by atoms with Gasteiger partial charge in [-0.1, -0.05) is 37.3 Å². The van der Waals surface area contributed by atoms with Crippen LogP contribution in [0.4, 0.5) is 4.39 Å². The molecule has 3 nitrogen and oxygen atoms in total. The number of halogens is 1. The number of ether oxygens (including phenoxy) is 1. The SMILES string of the molecule is CCc1ccc([C@H](C)NC(=O)CSCc2ccc(OC)c(F)c2)cc1. The van der Waals surface area contributed by atoms with E-state index in [1.165, 1.54) is 30.5 Å². The molecule has 2 aromatic carbocycles. The number of benzene rings is 2. The Morgan fingerprint density at radius 3 is 2.48 bits per heavy atom. The normalized spacial score (nSPS) is 11.8. The van der Waals surface area contributed by atoms with E-state index in [4.69, 9.17) is 4.74 Å². The van der Waals surface area contributed by atoms with Crippen LogP contribution in [0.25, 0.3) is 0 Å². The van der Waals surface area contributed by atoms with Crippen LogP contribution in [0.5, 0.6) is 5.75 Å². The van der Waals surface area contributed by atoms with E-state index >= 15 is 0 Å². The summed E-state index contributed by atoms with van der Waals surface area (Å²) in [6.07, 6.45) is 1.00. The van der Waals surface area contributed by atoms with Crippen molar-refractivity contribution < 1.29 is 13.9 Å². The highest BCUT2D eigenvalue weighted by Gasteiger charge is 2.10. The molecule has 5 heteroatoms. The molecule has 1 amide bonds. The first-order valence-corrected chi connectivity index (χ1v) is 9.47. The van der Waals surface area contributed by atoms with Gasteiger partial charge in [0.15, 0.2) is 11.6 Å².